The lowest BCUT2D eigenvalue weighted by Gasteiger charge is -2.40. The largest absolute Gasteiger partial charge is 0.359 e. The number of benzene rings is 1. The maximum Gasteiger partial charge on any atom is 0.328 e. The summed E-state index contributed by atoms with van der Waals surface area (Å²) < 4.78 is 27.1. The van der Waals surface area contributed by atoms with Gasteiger partial charge in [-0.15, -0.1) is 0 Å². The normalized spacial score (nSPS) is 20.2. The highest BCUT2D eigenvalue weighted by molar-refractivity contribution is 5.65. The van der Waals surface area contributed by atoms with E-state index in [-0.39, 0.29) is 18.3 Å². The Bertz CT molecular complexity index is 526. The standard InChI is InChI=1S/C12H16F2N4O2/c1-16-2-3-17(9(6-15)7-16)11-5-8(13)4-10(14)12(11)18(19)20/h4-5,9H,2-3,6-7,15H2,1H3. The Balaban J connectivity index is 2.47. The van der Waals surface area contributed by atoms with Crippen LogP contribution in [0.3, 0.4) is 0 Å². The van der Waals surface area contributed by atoms with Crippen LogP contribution < -0.4 is 10.6 Å². The van der Waals surface area contributed by atoms with Gasteiger partial charge in [-0.2, -0.15) is 4.39 Å². The molecule has 2 rings (SSSR count). The number of hydrogen-bond acceptors (Lipinski definition) is 5. The highest BCUT2D eigenvalue weighted by atomic mass is 19.1. The maximum atomic E-state index is 13.7. The van der Waals surface area contributed by atoms with E-state index in [0.29, 0.717) is 25.7 Å². The molecule has 0 spiro atoms. The average Bonchev–Trinajstić information content (AvgIpc) is 2.36. The molecule has 1 saturated heterocycles. The van der Waals surface area contributed by atoms with Gasteiger partial charge in [-0.3, -0.25) is 10.1 Å². The van der Waals surface area contributed by atoms with Crippen LogP contribution in [0.2, 0.25) is 0 Å². The fourth-order valence-corrected chi connectivity index (χ4v) is 2.48. The number of likely N-dealkylation sites (N-methyl/N-ethyl adjacent to an activating group) is 1. The Morgan fingerprint density at radius 1 is 1.45 bits per heavy atom. The third-order valence-electron chi connectivity index (χ3n) is 3.46. The van der Waals surface area contributed by atoms with E-state index in [4.69, 9.17) is 5.73 Å². The number of nitrogens with two attached hydrogens (primary N) is 1. The molecule has 0 bridgehead atoms. The number of rotatable bonds is 3. The first-order chi connectivity index (χ1) is 9.43. The molecular formula is C12H16F2N4O2. The quantitative estimate of drug-likeness (QED) is 0.661. The van der Waals surface area contributed by atoms with Gasteiger partial charge in [0.1, 0.15) is 11.5 Å². The van der Waals surface area contributed by atoms with Crippen LogP contribution in [0.1, 0.15) is 0 Å². The molecule has 0 aliphatic carbocycles. The molecule has 110 valence electrons. The van der Waals surface area contributed by atoms with E-state index in [1.54, 1.807) is 4.90 Å². The van der Waals surface area contributed by atoms with Crippen molar-refractivity contribution in [2.45, 2.75) is 6.04 Å². The Kier molecular flexibility index (Phi) is 4.15. The molecular weight excluding hydrogens is 270 g/mol. The number of piperazine rings is 1. The van der Waals surface area contributed by atoms with Gasteiger partial charge in [0, 0.05) is 38.3 Å². The summed E-state index contributed by atoms with van der Waals surface area (Å²) in [5, 5.41) is 11.0. The molecule has 20 heavy (non-hydrogen) atoms. The molecule has 1 fully saturated rings. The highest BCUT2D eigenvalue weighted by Gasteiger charge is 2.32. The van der Waals surface area contributed by atoms with E-state index in [1.165, 1.54) is 0 Å². The van der Waals surface area contributed by atoms with E-state index >= 15 is 0 Å². The van der Waals surface area contributed by atoms with Crippen LogP contribution >= 0.6 is 0 Å². The SMILES string of the molecule is CN1CCN(c2cc(F)cc(F)c2[N+](=O)[O-])C(CN)C1. The lowest BCUT2D eigenvalue weighted by Crippen LogP contribution is -2.55. The molecule has 0 amide bonds. The van der Waals surface area contributed by atoms with E-state index in [0.717, 1.165) is 6.07 Å². The van der Waals surface area contributed by atoms with Crippen LogP contribution in [-0.2, 0) is 0 Å². The number of hydrogen-bond donors (Lipinski definition) is 1. The van der Waals surface area contributed by atoms with E-state index in [1.807, 2.05) is 11.9 Å². The van der Waals surface area contributed by atoms with E-state index in [9.17, 15) is 18.9 Å². The molecule has 1 aliphatic rings. The minimum Gasteiger partial charge on any atom is -0.359 e. The molecule has 1 atom stereocenters. The summed E-state index contributed by atoms with van der Waals surface area (Å²) in [6, 6.07) is 1.30. The zero-order chi connectivity index (χ0) is 14.9. The van der Waals surface area contributed by atoms with Crippen molar-refractivity contribution in [1.29, 1.82) is 0 Å². The van der Waals surface area contributed by atoms with Crippen molar-refractivity contribution in [3.63, 3.8) is 0 Å². The molecule has 1 aromatic rings. The van der Waals surface area contributed by atoms with Crippen LogP contribution in [0, 0.1) is 21.7 Å². The van der Waals surface area contributed by atoms with Crippen LogP contribution in [0.5, 0.6) is 0 Å². The summed E-state index contributed by atoms with van der Waals surface area (Å²) in [7, 11) is 1.90. The monoisotopic (exact) mass is 286 g/mol. The topological polar surface area (TPSA) is 75.6 Å². The first kappa shape index (κ1) is 14.6. The number of anilines is 1. The zero-order valence-corrected chi connectivity index (χ0v) is 11.1. The van der Waals surface area contributed by atoms with Gasteiger partial charge < -0.3 is 15.5 Å². The van der Waals surface area contributed by atoms with Crippen molar-refractivity contribution < 1.29 is 13.7 Å². The average molecular weight is 286 g/mol. The molecule has 0 aromatic heterocycles. The molecule has 1 unspecified atom stereocenters. The molecule has 1 aliphatic heterocycles. The predicted molar refractivity (Wildman–Crippen MR) is 70.7 cm³/mol. The van der Waals surface area contributed by atoms with Gasteiger partial charge in [-0.05, 0) is 7.05 Å². The van der Waals surface area contributed by atoms with E-state index < -0.39 is 22.2 Å². The molecule has 6 nitrogen and oxygen atoms in total. The van der Waals surface area contributed by atoms with Crippen molar-refractivity contribution in [1.82, 2.24) is 4.90 Å². The number of nitro groups is 1. The van der Waals surface area contributed by atoms with E-state index in [2.05, 4.69) is 0 Å². The van der Waals surface area contributed by atoms with Gasteiger partial charge in [0.15, 0.2) is 0 Å². The number of halogens is 2. The number of nitro benzene ring substituents is 1. The lowest BCUT2D eigenvalue weighted by atomic mass is 10.1. The fourth-order valence-electron chi connectivity index (χ4n) is 2.48. The Morgan fingerprint density at radius 3 is 2.75 bits per heavy atom. The maximum absolute atomic E-state index is 13.7. The molecule has 1 heterocycles. The molecule has 0 radical (unpaired) electrons. The second-order valence-electron chi connectivity index (χ2n) is 4.86. The first-order valence-corrected chi connectivity index (χ1v) is 6.22. The molecule has 1 aromatic carbocycles. The summed E-state index contributed by atoms with van der Waals surface area (Å²) in [6.07, 6.45) is 0. The zero-order valence-electron chi connectivity index (χ0n) is 11.1. The predicted octanol–water partition coefficient (Wildman–Crippen LogP) is 0.952. The smallest absolute Gasteiger partial charge is 0.328 e. The van der Waals surface area contributed by atoms with Crippen molar-refractivity contribution in [3.8, 4) is 0 Å². The van der Waals surface area contributed by atoms with Crippen LogP contribution in [0.25, 0.3) is 0 Å². The summed E-state index contributed by atoms with van der Waals surface area (Å²) in [5.41, 5.74) is 4.92. The third kappa shape index (κ3) is 2.70. The molecule has 0 saturated carbocycles. The van der Waals surface area contributed by atoms with Gasteiger partial charge in [0.05, 0.1) is 11.0 Å². The number of nitrogens with zero attached hydrogens (tertiary/aromatic N) is 3. The van der Waals surface area contributed by atoms with Gasteiger partial charge >= 0.3 is 5.69 Å². The Labute approximate surface area is 114 Å². The summed E-state index contributed by atoms with van der Waals surface area (Å²) in [4.78, 5) is 13.8. The summed E-state index contributed by atoms with van der Waals surface area (Å²) >= 11 is 0. The van der Waals surface area contributed by atoms with Crippen molar-refractivity contribution in [2.75, 3.05) is 38.1 Å². The Morgan fingerprint density at radius 2 is 2.15 bits per heavy atom. The highest BCUT2D eigenvalue weighted by Crippen LogP contribution is 2.34. The summed E-state index contributed by atoms with van der Waals surface area (Å²) in [5.74, 6) is -2.00. The molecule has 8 heteroatoms. The van der Waals surface area contributed by atoms with Crippen LogP contribution in [-0.4, -0.2) is 49.1 Å². The van der Waals surface area contributed by atoms with Gasteiger partial charge in [-0.1, -0.05) is 0 Å². The molecule has 2 N–H and O–H groups in total. The lowest BCUT2D eigenvalue weighted by molar-refractivity contribution is -0.386. The van der Waals surface area contributed by atoms with Crippen molar-refractivity contribution in [3.05, 3.63) is 33.9 Å². The van der Waals surface area contributed by atoms with Gasteiger partial charge in [-0.25, -0.2) is 4.39 Å². The third-order valence-corrected chi connectivity index (χ3v) is 3.46. The Hall–Kier alpha value is -1.80. The minimum atomic E-state index is -1.17. The van der Waals surface area contributed by atoms with Crippen molar-refractivity contribution in [2.24, 2.45) is 5.73 Å². The first-order valence-electron chi connectivity index (χ1n) is 6.22. The van der Waals surface area contributed by atoms with Crippen LogP contribution in [0.4, 0.5) is 20.2 Å². The minimum absolute atomic E-state index is 0.0453. The van der Waals surface area contributed by atoms with Crippen molar-refractivity contribution >= 4 is 11.4 Å². The summed E-state index contributed by atoms with van der Waals surface area (Å²) in [6.45, 7) is 1.92. The fraction of sp³-hybridized carbons (Fsp3) is 0.500. The van der Waals surface area contributed by atoms with Crippen LogP contribution in [0.15, 0.2) is 12.1 Å². The van der Waals surface area contributed by atoms with Gasteiger partial charge in [0.2, 0.25) is 5.82 Å². The second-order valence-corrected chi connectivity index (χ2v) is 4.86. The second kappa shape index (κ2) is 5.68. The van der Waals surface area contributed by atoms with Gasteiger partial charge in [0.25, 0.3) is 0 Å².